The van der Waals surface area contributed by atoms with Gasteiger partial charge in [-0.2, -0.15) is 0 Å². The molecule has 0 spiro atoms. The van der Waals surface area contributed by atoms with E-state index in [9.17, 15) is 4.21 Å². The zero-order valence-electron chi connectivity index (χ0n) is 10.3. The van der Waals surface area contributed by atoms with Crippen LogP contribution in [0.4, 0.5) is 5.69 Å². The first-order valence-electron chi connectivity index (χ1n) is 6.16. The molecule has 0 unspecified atom stereocenters. The molecule has 1 aliphatic heterocycles. The SMILES string of the molecule is CC[C@@H](N)c1ccc(N2CCS(=O)CC2)cc1. The molecule has 1 aromatic carbocycles. The third-order valence-electron chi connectivity index (χ3n) is 3.30. The lowest BCUT2D eigenvalue weighted by Gasteiger charge is -2.28. The van der Waals surface area contributed by atoms with E-state index in [0.29, 0.717) is 0 Å². The van der Waals surface area contributed by atoms with Crippen molar-refractivity contribution in [1.82, 2.24) is 0 Å². The Morgan fingerprint density at radius 1 is 1.29 bits per heavy atom. The van der Waals surface area contributed by atoms with Crippen molar-refractivity contribution in [2.75, 3.05) is 29.5 Å². The van der Waals surface area contributed by atoms with Gasteiger partial charge in [-0.3, -0.25) is 4.21 Å². The summed E-state index contributed by atoms with van der Waals surface area (Å²) in [7, 11) is -0.609. The first-order valence-corrected chi connectivity index (χ1v) is 7.65. The van der Waals surface area contributed by atoms with Crippen molar-refractivity contribution in [1.29, 1.82) is 0 Å². The summed E-state index contributed by atoms with van der Waals surface area (Å²) in [6.45, 7) is 3.89. The van der Waals surface area contributed by atoms with Gasteiger partial charge in [-0.05, 0) is 24.1 Å². The Morgan fingerprint density at radius 2 is 1.88 bits per heavy atom. The van der Waals surface area contributed by atoms with E-state index in [1.807, 2.05) is 0 Å². The molecule has 0 radical (unpaired) electrons. The lowest BCUT2D eigenvalue weighted by atomic mass is 10.1. The van der Waals surface area contributed by atoms with E-state index < -0.39 is 10.8 Å². The summed E-state index contributed by atoms with van der Waals surface area (Å²) in [6, 6.07) is 8.60. The van der Waals surface area contributed by atoms with Crippen LogP contribution in [0.3, 0.4) is 0 Å². The lowest BCUT2D eigenvalue weighted by molar-refractivity contribution is 0.673. The standard InChI is InChI=1S/C13H20N2OS/c1-2-13(14)11-3-5-12(6-4-11)15-7-9-17(16)10-8-15/h3-6,13H,2,7-10,14H2,1H3/t13-/m1/s1. The second kappa shape index (κ2) is 5.65. The van der Waals surface area contributed by atoms with Crippen molar-refractivity contribution < 1.29 is 4.21 Å². The third kappa shape index (κ3) is 3.07. The maximum absolute atomic E-state index is 11.3. The maximum atomic E-state index is 11.3. The van der Waals surface area contributed by atoms with Crippen LogP contribution in [0.2, 0.25) is 0 Å². The minimum Gasteiger partial charge on any atom is -0.370 e. The molecule has 0 aliphatic carbocycles. The van der Waals surface area contributed by atoms with Crippen molar-refractivity contribution in [3.63, 3.8) is 0 Å². The van der Waals surface area contributed by atoms with Crippen LogP contribution in [-0.4, -0.2) is 28.8 Å². The predicted octanol–water partition coefficient (Wildman–Crippen LogP) is 1.67. The molecular weight excluding hydrogens is 232 g/mol. The monoisotopic (exact) mass is 252 g/mol. The number of rotatable bonds is 3. The quantitative estimate of drug-likeness (QED) is 0.890. The fraction of sp³-hybridized carbons (Fsp3) is 0.538. The molecule has 94 valence electrons. The lowest BCUT2D eigenvalue weighted by Crippen LogP contribution is -2.37. The Hall–Kier alpha value is -0.870. The molecule has 1 saturated heterocycles. The predicted molar refractivity (Wildman–Crippen MR) is 73.8 cm³/mol. The molecule has 0 aromatic heterocycles. The van der Waals surface area contributed by atoms with Crippen LogP contribution < -0.4 is 10.6 Å². The van der Waals surface area contributed by atoms with Crippen molar-refractivity contribution >= 4 is 16.5 Å². The van der Waals surface area contributed by atoms with E-state index in [1.54, 1.807) is 0 Å². The minimum atomic E-state index is -0.609. The van der Waals surface area contributed by atoms with Crippen LogP contribution in [0.5, 0.6) is 0 Å². The van der Waals surface area contributed by atoms with Crippen LogP contribution >= 0.6 is 0 Å². The third-order valence-corrected chi connectivity index (χ3v) is 4.58. The summed E-state index contributed by atoms with van der Waals surface area (Å²) < 4.78 is 11.3. The van der Waals surface area contributed by atoms with Crippen molar-refractivity contribution in [2.24, 2.45) is 5.73 Å². The summed E-state index contributed by atoms with van der Waals surface area (Å²) in [4.78, 5) is 2.29. The van der Waals surface area contributed by atoms with Crippen molar-refractivity contribution in [2.45, 2.75) is 19.4 Å². The smallest absolute Gasteiger partial charge is 0.0411 e. The van der Waals surface area contributed by atoms with Crippen LogP contribution in [0, 0.1) is 0 Å². The van der Waals surface area contributed by atoms with Gasteiger partial charge in [0.15, 0.2) is 0 Å². The van der Waals surface area contributed by atoms with Crippen LogP contribution in [0.1, 0.15) is 24.9 Å². The zero-order chi connectivity index (χ0) is 12.3. The first kappa shape index (κ1) is 12.6. The van der Waals surface area contributed by atoms with Gasteiger partial charge in [0.1, 0.15) is 0 Å². The molecule has 0 saturated carbocycles. The largest absolute Gasteiger partial charge is 0.370 e. The molecule has 1 fully saturated rings. The molecule has 1 aliphatic rings. The Morgan fingerprint density at radius 3 is 2.41 bits per heavy atom. The highest BCUT2D eigenvalue weighted by Crippen LogP contribution is 2.20. The van der Waals surface area contributed by atoms with Crippen LogP contribution in [0.25, 0.3) is 0 Å². The Labute approximate surface area is 105 Å². The summed E-state index contributed by atoms with van der Waals surface area (Å²) in [5.41, 5.74) is 8.40. The van der Waals surface area contributed by atoms with Gasteiger partial charge in [-0.15, -0.1) is 0 Å². The highest BCUT2D eigenvalue weighted by molar-refractivity contribution is 7.85. The summed E-state index contributed by atoms with van der Waals surface area (Å²) in [6.07, 6.45) is 0.960. The number of anilines is 1. The summed E-state index contributed by atoms with van der Waals surface area (Å²) in [5, 5.41) is 0. The Bertz CT molecular complexity index is 381. The van der Waals surface area contributed by atoms with E-state index in [4.69, 9.17) is 5.73 Å². The Balaban J connectivity index is 2.05. The van der Waals surface area contributed by atoms with E-state index in [-0.39, 0.29) is 6.04 Å². The van der Waals surface area contributed by atoms with Crippen molar-refractivity contribution in [3.8, 4) is 0 Å². The van der Waals surface area contributed by atoms with Gasteiger partial charge in [0.2, 0.25) is 0 Å². The summed E-state index contributed by atoms with van der Waals surface area (Å²) >= 11 is 0. The highest BCUT2D eigenvalue weighted by Gasteiger charge is 2.15. The van der Waals surface area contributed by atoms with E-state index in [1.165, 1.54) is 11.3 Å². The minimum absolute atomic E-state index is 0.137. The average Bonchev–Trinajstić information content (AvgIpc) is 2.39. The van der Waals surface area contributed by atoms with E-state index in [0.717, 1.165) is 31.0 Å². The fourth-order valence-corrected chi connectivity index (χ4v) is 3.12. The molecule has 1 atom stereocenters. The molecule has 2 N–H and O–H groups in total. The molecule has 2 rings (SSSR count). The first-order chi connectivity index (χ1) is 8.20. The van der Waals surface area contributed by atoms with Gasteiger partial charge in [0, 0.05) is 47.1 Å². The second-order valence-corrected chi connectivity index (χ2v) is 6.14. The maximum Gasteiger partial charge on any atom is 0.0411 e. The van der Waals surface area contributed by atoms with Gasteiger partial charge in [0.05, 0.1) is 0 Å². The Kier molecular flexibility index (Phi) is 4.18. The number of nitrogens with two attached hydrogens (primary N) is 1. The summed E-state index contributed by atoms with van der Waals surface area (Å²) in [5.74, 6) is 1.58. The number of nitrogens with zero attached hydrogens (tertiary/aromatic N) is 1. The number of hydrogen-bond donors (Lipinski definition) is 1. The normalized spacial score (nSPS) is 19.3. The molecule has 1 aromatic rings. The molecule has 4 heteroatoms. The highest BCUT2D eigenvalue weighted by atomic mass is 32.2. The van der Waals surface area contributed by atoms with Crippen molar-refractivity contribution in [3.05, 3.63) is 29.8 Å². The fourth-order valence-electron chi connectivity index (χ4n) is 2.06. The number of hydrogen-bond acceptors (Lipinski definition) is 3. The topological polar surface area (TPSA) is 46.3 Å². The molecule has 3 nitrogen and oxygen atoms in total. The molecule has 17 heavy (non-hydrogen) atoms. The van der Waals surface area contributed by atoms with Gasteiger partial charge in [-0.1, -0.05) is 19.1 Å². The average molecular weight is 252 g/mol. The van der Waals surface area contributed by atoms with Crippen LogP contribution in [0.15, 0.2) is 24.3 Å². The molecule has 1 heterocycles. The number of benzene rings is 1. The van der Waals surface area contributed by atoms with Gasteiger partial charge in [-0.25, -0.2) is 0 Å². The second-order valence-electron chi connectivity index (χ2n) is 4.44. The van der Waals surface area contributed by atoms with Crippen LogP contribution in [-0.2, 0) is 10.8 Å². The molecular formula is C13H20N2OS. The molecule has 0 amide bonds. The van der Waals surface area contributed by atoms with E-state index >= 15 is 0 Å². The molecule has 0 bridgehead atoms. The van der Waals surface area contributed by atoms with Gasteiger partial charge in [0.25, 0.3) is 0 Å². The zero-order valence-corrected chi connectivity index (χ0v) is 11.1. The van der Waals surface area contributed by atoms with Gasteiger partial charge >= 0.3 is 0 Å². The van der Waals surface area contributed by atoms with E-state index in [2.05, 4.69) is 36.1 Å². The van der Waals surface area contributed by atoms with Gasteiger partial charge < -0.3 is 10.6 Å².